The van der Waals surface area contributed by atoms with Crippen molar-refractivity contribution < 1.29 is 23.5 Å². The quantitative estimate of drug-likeness (QED) is 0.348. The van der Waals surface area contributed by atoms with Crippen LogP contribution in [0.5, 0.6) is 0 Å². The number of nitrogens with zero attached hydrogens (tertiary/aromatic N) is 3. The number of benzene rings is 2. The lowest BCUT2D eigenvalue weighted by molar-refractivity contribution is -0.0373. The maximum Gasteiger partial charge on any atom is 0.338 e. The molecule has 4 rings (SSSR count). The SMILES string of the molecule is NC(=O)N(O)CCC#C[C@@H]1CC[C@@H](CN2CCN(C(c3ccc(F)cc3)c3ccc(F)cc3)CC2)O1. The summed E-state index contributed by atoms with van der Waals surface area (Å²) in [7, 11) is 0. The third-order valence-corrected chi connectivity index (χ3v) is 6.68. The molecule has 2 saturated heterocycles. The largest absolute Gasteiger partial charge is 0.361 e. The molecule has 0 unspecified atom stereocenters. The van der Waals surface area contributed by atoms with Gasteiger partial charge in [0.05, 0.1) is 18.7 Å². The van der Waals surface area contributed by atoms with E-state index >= 15 is 0 Å². The summed E-state index contributed by atoms with van der Waals surface area (Å²) in [6, 6.07) is 12.1. The Labute approximate surface area is 210 Å². The summed E-state index contributed by atoms with van der Waals surface area (Å²) in [4.78, 5) is 15.5. The minimum Gasteiger partial charge on any atom is -0.361 e. The van der Waals surface area contributed by atoms with E-state index in [-0.39, 0.29) is 36.4 Å². The summed E-state index contributed by atoms with van der Waals surface area (Å²) in [5.74, 6) is 5.46. The van der Waals surface area contributed by atoms with Crippen LogP contribution in [0.1, 0.15) is 36.4 Å². The lowest BCUT2D eigenvalue weighted by atomic mass is 9.96. The van der Waals surface area contributed by atoms with E-state index in [0.29, 0.717) is 11.5 Å². The second kappa shape index (κ2) is 12.3. The molecule has 9 heteroatoms. The van der Waals surface area contributed by atoms with Gasteiger partial charge in [-0.15, -0.1) is 0 Å². The molecule has 2 aliphatic rings. The van der Waals surface area contributed by atoms with Gasteiger partial charge in [-0.05, 0) is 48.2 Å². The molecule has 2 amide bonds. The van der Waals surface area contributed by atoms with Crippen LogP contribution in [-0.4, -0.2) is 77.6 Å². The first-order valence-corrected chi connectivity index (χ1v) is 12.3. The summed E-state index contributed by atoms with van der Waals surface area (Å²) < 4.78 is 33.2. The average Bonchev–Trinajstić information content (AvgIpc) is 3.32. The summed E-state index contributed by atoms with van der Waals surface area (Å²) in [6.45, 7) is 4.29. The molecule has 0 saturated carbocycles. The van der Waals surface area contributed by atoms with Crippen molar-refractivity contribution >= 4 is 6.03 Å². The van der Waals surface area contributed by atoms with Gasteiger partial charge in [0.1, 0.15) is 17.7 Å². The van der Waals surface area contributed by atoms with Crippen molar-refractivity contribution in [2.45, 2.75) is 37.5 Å². The van der Waals surface area contributed by atoms with Crippen LogP contribution in [0.2, 0.25) is 0 Å². The number of piperazine rings is 1. The number of rotatable bonds is 7. The zero-order valence-corrected chi connectivity index (χ0v) is 20.2. The van der Waals surface area contributed by atoms with Crippen LogP contribution in [-0.2, 0) is 4.74 Å². The summed E-state index contributed by atoms with van der Waals surface area (Å²) in [6.07, 6.45) is 2.09. The highest BCUT2D eigenvalue weighted by atomic mass is 19.1. The molecule has 2 heterocycles. The average molecular weight is 499 g/mol. The fourth-order valence-corrected chi connectivity index (χ4v) is 4.80. The van der Waals surface area contributed by atoms with Gasteiger partial charge in [-0.2, -0.15) is 0 Å². The molecule has 2 atom stereocenters. The lowest BCUT2D eigenvalue weighted by Gasteiger charge is -2.40. The number of amides is 2. The van der Waals surface area contributed by atoms with E-state index in [4.69, 9.17) is 10.5 Å². The number of urea groups is 1. The Morgan fingerprint density at radius 2 is 1.61 bits per heavy atom. The maximum absolute atomic E-state index is 13.5. The van der Waals surface area contributed by atoms with Crippen molar-refractivity contribution in [3.8, 4) is 11.8 Å². The summed E-state index contributed by atoms with van der Waals surface area (Å²) in [5, 5.41) is 9.72. The van der Waals surface area contributed by atoms with Crippen LogP contribution in [0.3, 0.4) is 0 Å². The highest BCUT2D eigenvalue weighted by Crippen LogP contribution is 2.30. The Bertz CT molecular complexity index is 1020. The molecule has 2 aliphatic heterocycles. The number of halogens is 2. The predicted octanol–water partition coefficient (Wildman–Crippen LogP) is 3.38. The molecule has 0 spiro atoms. The maximum atomic E-state index is 13.5. The molecule has 7 nitrogen and oxygen atoms in total. The Morgan fingerprint density at radius 3 is 2.17 bits per heavy atom. The molecule has 0 aromatic heterocycles. The van der Waals surface area contributed by atoms with Crippen molar-refractivity contribution in [2.24, 2.45) is 5.73 Å². The van der Waals surface area contributed by atoms with Gasteiger partial charge in [-0.25, -0.2) is 18.6 Å². The first-order valence-electron chi connectivity index (χ1n) is 12.3. The zero-order chi connectivity index (χ0) is 25.5. The third-order valence-electron chi connectivity index (χ3n) is 6.68. The minimum absolute atomic E-state index is 0.0690. The van der Waals surface area contributed by atoms with Crippen LogP contribution < -0.4 is 5.73 Å². The number of hydroxylamine groups is 2. The van der Waals surface area contributed by atoms with Crippen molar-refractivity contribution in [1.29, 1.82) is 0 Å². The summed E-state index contributed by atoms with van der Waals surface area (Å²) in [5.41, 5.74) is 6.94. The fourth-order valence-electron chi connectivity index (χ4n) is 4.80. The van der Waals surface area contributed by atoms with Crippen LogP contribution in [0, 0.1) is 23.5 Å². The van der Waals surface area contributed by atoms with Crippen LogP contribution in [0.4, 0.5) is 13.6 Å². The van der Waals surface area contributed by atoms with Crippen molar-refractivity contribution in [3.63, 3.8) is 0 Å². The molecule has 2 aromatic rings. The predicted molar refractivity (Wildman–Crippen MR) is 131 cm³/mol. The van der Waals surface area contributed by atoms with Gasteiger partial charge < -0.3 is 10.5 Å². The smallest absolute Gasteiger partial charge is 0.338 e. The Hall–Kier alpha value is -3.03. The van der Waals surface area contributed by atoms with Crippen LogP contribution in [0.25, 0.3) is 0 Å². The minimum atomic E-state index is -0.893. The Kier molecular flexibility index (Phi) is 8.88. The van der Waals surface area contributed by atoms with Crippen molar-refractivity contribution in [3.05, 3.63) is 71.3 Å². The number of carbonyl (C=O) groups excluding carboxylic acids is 1. The van der Waals surface area contributed by atoms with E-state index in [1.165, 1.54) is 24.3 Å². The molecule has 2 fully saturated rings. The third kappa shape index (κ3) is 7.02. The van der Waals surface area contributed by atoms with E-state index in [0.717, 1.165) is 56.7 Å². The van der Waals surface area contributed by atoms with Gasteiger partial charge in [0, 0.05) is 39.1 Å². The lowest BCUT2D eigenvalue weighted by Crippen LogP contribution is -2.49. The number of nitrogens with two attached hydrogens (primary N) is 1. The van der Waals surface area contributed by atoms with Crippen LogP contribution in [0.15, 0.2) is 48.5 Å². The zero-order valence-electron chi connectivity index (χ0n) is 20.2. The summed E-state index contributed by atoms with van der Waals surface area (Å²) >= 11 is 0. The van der Waals surface area contributed by atoms with E-state index in [1.54, 1.807) is 24.3 Å². The first-order chi connectivity index (χ1) is 17.4. The van der Waals surface area contributed by atoms with Gasteiger partial charge >= 0.3 is 6.03 Å². The number of hydrogen-bond donors (Lipinski definition) is 2. The van der Waals surface area contributed by atoms with Gasteiger partial charge in [0.15, 0.2) is 0 Å². The van der Waals surface area contributed by atoms with E-state index < -0.39 is 6.03 Å². The van der Waals surface area contributed by atoms with Gasteiger partial charge in [-0.1, -0.05) is 36.1 Å². The van der Waals surface area contributed by atoms with Gasteiger partial charge in [0.2, 0.25) is 0 Å². The molecule has 2 aromatic carbocycles. The van der Waals surface area contributed by atoms with E-state index in [9.17, 15) is 18.8 Å². The normalized spacial score (nSPS) is 20.8. The Morgan fingerprint density at radius 1 is 1.03 bits per heavy atom. The number of hydrogen-bond acceptors (Lipinski definition) is 5. The first kappa shape index (κ1) is 26.0. The standard InChI is InChI=1S/C27H32F2N4O3/c28-22-8-4-20(5-9-22)26(21-6-10-23(29)11-7-21)32-17-15-31(16-18-32)19-25-13-12-24(36-25)3-1-2-14-33(35)27(30)34/h4-11,24-26,35H,2,12-19H2,(H2,30,34)/t24-,25+/m1/s1. The molecular weight excluding hydrogens is 466 g/mol. The molecule has 0 radical (unpaired) electrons. The molecular formula is C27H32F2N4O3. The number of primary amides is 1. The fraction of sp³-hybridized carbons (Fsp3) is 0.444. The van der Waals surface area contributed by atoms with E-state index in [1.807, 2.05) is 0 Å². The number of carbonyl (C=O) groups is 1. The van der Waals surface area contributed by atoms with Gasteiger partial charge in [-0.3, -0.25) is 15.0 Å². The highest BCUT2D eigenvalue weighted by molar-refractivity contribution is 5.70. The second-order valence-corrected chi connectivity index (χ2v) is 9.20. The molecule has 36 heavy (non-hydrogen) atoms. The molecule has 192 valence electrons. The number of ether oxygens (including phenoxy) is 1. The van der Waals surface area contributed by atoms with Crippen molar-refractivity contribution in [2.75, 3.05) is 39.3 Å². The topological polar surface area (TPSA) is 82.3 Å². The second-order valence-electron chi connectivity index (χ2n) is 9.20. The van der Waals surface area contributed by atoms with Crippen molar-refractivity contribution in [1.82, 2.24) is 14.9 Å². The van der Waals surface area contributed by atoms with Crippen LogP contribution >= 0.6 is 0 Å². The molecule has 0 aliphatic carbocycles. The molecule has 3 N–H and O–H groups in total. The highest BCUT2D eigenvalue weighted by Gasteiger charge is 2.30. The monoisotopic (exact) mass is 498 g/mol. The Balaban J connectivity index is 1.29. The molecule has 0 bridgehead atoms. The van der Waals surface area contributed by atoms with E-state index in [2.05, 4.69) is 21.6 Å². The van der Waals surface area contributed by atoms with Gasteiger partial charge in [0.25, 0.3) is 0 Å².